The summed E-state index contributed by atoms with van der Waals surface area (Å²) < 4.78 is 7.17. The molecule has 286 valence electrons. The maximum atomic E-state index is 7.17. The van der Waals surface area contributed by atoms with E-state index in [0.29, 0.717) is 0 Å². The Bertz CT molecular complexity index is 3780. The number of fused-ring (bicyclic) bond motifs is 14. The van der Waals surface area contributed by atoms with Gasteiger partial charge in [0.2, 0.25) is 0 Å². The lowest BCUT2D eigenvalue weighted by molar-refractivity contribution is 0.660. The van der Waals surface area contributed by atoms with Crippen LogP contribution in [0.1, 0.15) is 25.0 Å². The van der Waals surface area contributed by atoms with Crippen LogP contribution < -0.4 is 4.90 Å². The number of benzene rings is 11. The fraction of sp³-hybridized carbons (Fsp3) is 0.0508. The first kappa shape index (κ1) is 34.2. The molecule has 11 aromatic carbocycles. The second kappa shape index (κ2) is 12.7. The molecule has 13 rings (SSSR count). The van der Waals surface area contributed by atoms with Gasteiger partial charge in [-0.1, -0.05) is 166 Å². The normalized spacial score (nSPS) is 13.2. The van der Waals surface area contributed by atoms with Crippen molar-refractivity contribution in [3.8, 4) is 22.3 Å². The van der Waals surface area contributed by atoms with Crippen LogP contribution in [0, 0.1) is 0 Å². The van der Waals surface area contributed by atoms with E-state index in [2.05, 4.69) is 219 Å². The van der Waals surface area contributed by atoms with Gasteiger partial charge in [0.05, 0.1) is 11.1 Å². The van der Waals surface area contributed by atoms with E-state index in [4.69, 9.17) is 4.42 Å². The summed E-state index contributed by atoms with van der Waals surface area (Å²) in [6.45, 7) is 4.72. The summed E-state index contributed by atoms with van der Waals surface area (Å²) in [4.78, 5) is 2.45. The van der Waals surface area contributed by atoms with Gasteiger partial charge in [-0.25, -0.2) is 0 Å². The summed E-state index contributed by atoms with van der Waals surface area (Å²) in [5.41, 5.74) is 12.5. The van der Waals surface area contributed by atoms with E-state index >= 15 is 0 Å². The van der Waals surface area contributed by atoms with E-state index in [0.717, 1.165) is 50.1 Å². The van der Waals surface area contributed by atoms with Crippen molar-refractivity contribution < 1.29 is 4.42 Å². The molecule has 0 saturated heterocycles. The monoisotopic (exact) mass is 777 g/mol. The Morgan fingerprint density at radius 2 is 1.00 bits per heavy atom. The van der Waals surface area contributed by atoms with Gasteiger partial charge in [-0.05, 0) is 130 Å². The standard InChI is InChI=1S/C59H39NO/c1-59(2)52-23-12-11-22-48(52)49-31-29-41(35-53(49)59)60(40-28-26-36-14-3-4-15-37(36)32-40)54-24-13-25-55-57(54)51-33-38-16-5-6-17-42(38)56(58(51)61-55)39-27-30-47-45-20-8-7-18-43(45)44-19-9-10-21-46(44)50(47)34-39/h3-35H,1-2H3. The van der Waals surface area contributed by atoms with Crippen LogP contribution in [0.15, 0.2) is 205 Å². The van der Waals surface area contributed by atoms with E-state index in [9.17, 15) is 0 Å². The number of hydrogen-bond donors (Lipinski definition) is 0. The van der Waals surface area contributed by atoms with Crippen molar-refractivity contribution >= 4 is 92.9 Å². The van der Waals surface area contributed by atoms with Crippen molar-refractivity contribution in [3.63, 3.8) is 0 Å². The summed E-state index contributed by atoms with van der Waals surface area (Å²) in [6.07, 6.45) is 0. The number of hydrogen-bond acceptors (Lipinski definition) is 2. The predicted octanol–water partition coefficient (Wildman–Crippen LogP) is 16.8. The third-order valence-corrected chi connectivity index (χ3v) is 13.6. The summed E-state index contributed by atoms with van der Waals surface area (Å²) in [7, 11) is 0. The maximum Gasteiger partial charge on any atom is 0.143 e. The SMILES string of the molecule is CC1(C)c2ccccc2-c2ccc(N(c3ccc4ccccc4c3)c3cccc4oc5c(-c6ccc7c8ccccc8c8ccccc8c7c6)c6ccccc6cc5c34)cc21. The quantitative estimate of drug-likeness (QED) is 0.166. The molecule has 0 amide bonds. The second-order valence-electron chi connectivity index (χ2n) is 17.2. The van der Waals surface area contributed by atoms with Crippen molar-refractivity contribution in [1.82, 2.24) is 0 Å². The van der Waals surface area contributed by atoms with Gasteiger partial charge in [-0.3, -0.25) is 0 Å². The zero-order valence-electron chi connectivity index (χ0n) is 33.9. The lowest BCUT2D eigenvalue weighted by atomic mass is 9.82. The number of furan rings is 1. The van der Waals surface area contributed by atoms with Crippen LogP contribution in [-0.4, -0.2) is 0 Å². The van der Waals surface area contributed by atoms with Gasteiger partial charge in [-0.2, -0.15) is 0 Å². The molecule has 0 atom stereocenters. The molecule has 1 aliphatic rings. The Morgan fingerprint density at radius 3 is 1.79 bits per heavy atom. The summed E-state index contributed by atoms with van der Waals surface area (Å²) >= 11 is 0. The minimum absolute atomic E-state index is 0.142. The molecule has 0 aliphatic heterocycles. The van der Waals surface area contributed by atoms with E-state index in [1.807, 2.05) is 0 Å². The minimum Gasteiger partial charge on any atom is -0.455 e. The maximum absolute atomic E-state index is 7.17. The molecule has 1 aromatic heterocycles. The third kappa shape index (κ3) is 4.91. The number of anilines is 3. The van der Waals surface area contributed by atoms with Crippen LogP contribution >= 0.6 is 0 Å². The molecule has 0 spiro atoms. The first-order chi connectivity index (χ1) is 30.0. The molecule has 0 saturated carbocycles. The summed E-state index contributed by atoms with van der Waals surface area (Å²) in [5.74, 6) is 0. The lowest BCUT2D eigenvalue weighted by Gasteiger charge is -2.29. The van der Waals surface area contributed by atoms with Gasteiger partial charge in [0.15, 0.2) is 0 Å². The summed E-state index contributed by atoms with van der Waals surface area (Å²) in [5, 5.41) is 14.5. The highest BCUT2D eigenvalue weighted by Gasteiger charge is 2.36. The topological polar surface area (TPSA) is 16.4 Å². The molecular formula is C59H39NO. The van der Waals surface area contributed by atoms with Crippen LogP contribution in [0.4, 0.5) is 17.1 Å². The Morgan fingerprint density at radius 1 is 0.393 bits per heavy atom. The molecule has 12 aromatic rings. The van der Waals surface area contributed by atoms with E-state index in [1.165, 1.54) is 76.1 Å². The highest BCUT2D eigenvalue weighted by atomic mass is 16.3. The van der Waals surface area contributed by atoms with Crippen LogP contribution in [0.3, 0.4) is 0 Å². The molecule has 0 N–H and O–H groups in total. The molecule has 0 radical (unpaired) electrons. The van der Waals surface area contributed by atoms with Crippen molar-refractivity contribution in [1.29, 1.82) is 0 Å². The second-order valence-corrected chi connectivity index (χ2v) is 17.2. The summed E-state index contributed by atoms with van der Waals surface area (Å²) in [6, 6.07) is 73.7. The molecule has 1 aliphatic carbocycles. The Labute approximate surface area is 353 Å². The van der Waals surface area contributed by atoms with E-state index in [1.54, 1.807) is 0 Å². The molecule has 1 heterocycles. The van der Waals surface area contributed by atoms with Crippen molar-refractivity contribution in [2.24, 2.45) is 0 Å². The number of rotatable bonds is 4. The van der Waals surface area contributed by atoms with Gasteiger partial charge in [-0.15, -0.1) is 0 Å². The van der Waals surface area contributed by atoms with Crippen molar-refractivity contribution in [3.05, 3.63) is 211 Å². The van der Waals surface area contributed by atoms with Crippen LogP contribution in [0.2, 0.25) is 0 Å². The minimum atomic E-state index is -0.142. The Hall–Kier alpha value is -7.68. The molecule has 2 heteroatoms. The van der Waals surface area contributed by atoms with Crippen LogP contribution in [0.25, 0.3) is 98.1 Å². The zero-order chi connectivity index (χ0) is 40.4. The predicted molar refractivity (Wildman–Crippen MR) is 259 cm³/mol. The average Bonchev–Trinajstić information content (AvgIpc) is 3.79. The van der Waals surface area contributed by atoms with Gasteiger partial charge in [0.25, 0.3) is 0 Å². The van der Waals surface area contributed by atoms with Gasteiger partial charge < -0.3 is 9.32 Å². The smallest absolute Gasteiger partial charge is 0.143 e. The molecule has 0 unspecified atom stereocenters. The average molecular weight is 778 g/mol. The molecule has 2 nitrogen and oxygen atoms in total. The first-order valence-electron chi connectivity index (χ1n) is 21.3. The molecule has 61 heavy (non-hydrogen) atoms. The van der Waals surface area contributed by atoms with Crippen molar-refractivity contribution in [2.75, 3.05) is 4.90 Å². The molecule has 0 bridgehead atoms. The van der Waals surface area contributed by atoms with E-state index in [-0.39, 0.29) is 5.41 Å². The first-order valence-corrected chi connectivity index (χ1v) is 21.3. The third-order valence-electron chi connectivity index (χ3n) is 13.6. The van der Waals surface area contributed by atoms with Crippen LogP contribution in [-0.2, 0) is 5.41 Å². The molecule has 0 fully saturated rings. The highest BCUT2D eigenvalue weighted by Crippen LogP contribution is 2.52. The highest BCUT2D eigenvalue weighted by molar-refractivity contribution is 6.27. The molecular weight excluding hydrogens is 739 g/mol. The Balaban J connectivity index is 1.09. The van der Waals surface area contributed by atoms with E-state index < -0.39 is 0 Å². The number of nitrogens with zero attached hydrogens (tertiary/aromatic N) is 1. The largest absolute Gasteiger partial charge is 0.455 e. The zero-order valence-corrected chi connectivity index (χ0v) is 33.9. The van der Waals surface area contributed by atoms with Crippen LogP contribution in [0.5, 0.6) is 0 Å². The van der Waals surface area contributed by atoms with Gasteiger partial charge in [0, 0.05) is 27.7 Å². The van der Waals surface area contributed by atoms with Gasteiger partial charge >= 0.3 is 0 Å². The lowest BCUT2D eigenvalue weighted by Crippen LogP contribution is -2.16. The van der Waals surface area contributed by atoms with Gasteiger partial charge in [0.1, 0.15) is 11.2 Å². The fourth-order valence-corrected chi connectivity index (χ4v) is 10.7. The Kier molecular flexibility index (Phi) is 7.10. The van der Waals surface area contributed by atoms with Crippen molar-refractivity contribution in [2.45, 2.75) is 19.3 Å². The fourth-order valence-electron chi connectivity index (χ4n) is 10.7.